The Balaban J connectivity index is 1.55. The molecule has 156 valence electrons. The molecule has 3 aromatic rings. The molecular formula is C21H22ClN5O2S. The Labute approximate surface area is 184 Å². The van der Waals surface area contributed by atoms with Crippen molar-refractivity contribution in [2.24, 2.45) is 0 Å². The molecule has 0 spiro atoms. The molecule has 7 nitrogen and oxygen atoms in total. The van der Waals surface area contributed by atoms with Crippen LogP contribution in [0.1, 0.15) is 29.2 Å². The highest BCUT2D eigenvalue weighted by molar-refractivity contribution is 8.00. The van der Waals surface area contributed by atoms with Gasteiger partial charge in [-0.05, 0) is 53.5 Å². The minimum Gasteiger partial charge on any atom is -0.376 e. The van der Waals surface area contributed by atoms with Gasteiger partial charge in [-0.2, -0.15) is 0 Å². The fourth-order valence-corrected chi connectivity index (χ4v) is 4.43. The number of hydrogen-bond donors (Lipinski definition) is 1. The lowest BCUT2D eigenvalue weighted by atomic mass is 10.1. The number of nitrogens with zero attached hydrogens (tertiary/aromatic N) is 4. The maximum Gasteiger partial charge on any atom is 0.242 e. The number of hydrogen-bond acceptors (Lipinski definition) is 6. The molecule has 1 aliphatic rings. The molecule has 1 saturated heterocycles. The van der Waals surface area contributed by atoms with Crippen LogP contribution in [0.4, 0.5) is 5.69 Å². The Hall–Kier alpha value is -2.42. The van der Waals surface area contributed by atoms with E-state index in [2.05, 4.69) is 20.8 Å². The maximum atomic E-state index is 13.2. The molecule has 1 fully saturated rings. The third-order valence-corrected chi connectivity index (χ3v) is 6.54. The number of aromatic nitrogens is 4. The smallest absolute Gasteiger partial charge is 0.242 e. The molecule has 2 heterocycles. The van der Waals surface area contributed by atoms with E-state index in [-0.39, 0.29) is 12.0 Å². The normalized spacial score (nSPS) is 17.1. The first-order valence-electron chi connectivity index (χ1n) is 9.76. The van der Waals surface area contributed by atoms with Gasteiger partial charge < -0.3 is 10.1 Å². The fourth-order valence-electron chi connectivity index (χ4n) is 3.26. The molecule has 0 saturated carbocycles. The van der Waals surface area contributed by atoms with E-state index in [1.165, 1.54) is 11.8 Å². The number of halogens is 1. The van der Waals surface area contributed by atoms with Crippen molar-refractivity contribution in [1.29, 1.82) is 0 Å². The van der Waals surface area contributed by atoms with Crippen molar-refractivity contribution < 1.29 is 9.53 Å². The van der Waals surface area contributed by atoms with Gasteiger partial charge >= 0.3 is 0 Å². The van der Waals surface area contributed by atoms with Crippen LogP contribution in [0.2, 0.25) is 5.02 Å². The second-order valence-electron chi connectivity index (χ2n) is 7.14. The molecule has 2 atom stereocenters. The minimum atomic E-state index is -0.527. The molecule has 0 aliphatic carbocycles. The number of anilines is 1. The van der Waals surface area contributed by atoms with Gasteiger partial charge in [0.05, 0.1) is 12.6 Å². The number of amides is 1. The molecule has 1 aromatic heterocycles. The van der Waals surface area contributed by atoms with Gasteiger partial charge in [0, 0.05) is 17.3 Å². The lowest BCUT2D eigenvalue weighted by Gasteiger charge is -2.17. The number of ether oxygens (including phenoxy) is 1. The monoisotopic (exact) mass is 443 g/mol. The first-order valence-corrected chi connectivity index (χ1v) is 11.0. The Morgan fingerprint density at radius 2 is 2.17 bits per heavy atom. The maximum absolute atomic E-state index is 13.2. The van der Waals surface area contributed by atoms with E-state index < -0.39 is 5.25 Å². The molecule has 2 aromatic carbocycles. The van der Waals surface area contributed by atoms with Crippen molar-refractivity contribution in [1.82, 2.24) is 20.2 Å². The third kappa shape index (κ3) is 5.00. The Kier molecular flexibility index (Phi) is 6.66. The number of benzene rings is 2. The van der Waals surface area contributed by atoms with Crippen LogP contribution in [-0.2, 0) is 16.1 Å². The van der Waals surface area contributed by atoms with Crippen LogP contribution >= 0.6 is 23.4 Å². The highest BCUT2D eigenvalue weighted by Gasteiger charge is 2.26. The topological polar surface area (TPSA) is 81.9 Å². The van der Waals surface area contributed by atoms with Crippen LogP contribution in [-0.4, -0.2) is 38.8 Å². The zero-order chi connectivity index (χ0) is 20.9. The van der Waals surface area contributed by atoms with E-state index in [4.69, 9.17) is 16.3 Å². The van der Waals surface area contributed by atoms with Crippen molar-refractivity contribution >= 4 is 35.0 Å². The van der Waals surface area contributed by atoms with Gasteiger partial charge in [-0.25, -0.2) is 4.68 Å². The Morgan fingerprint density at radius 3 is 2.90 bits per heavy atom. The number of carbonyl (C=O) groups excluding carboxylic acids is 1. The number of nitrogens with one attached hydrogen (secondary N) is 1. The van der Waals surface area contributed by atoms with E-state index in [0.29, 0.717) is 22.4 Å². The summed E-state index contributed by atoms with van der Waals surface area (Å²) in [6, 6.07) is 15.1. The van der Waals surface area contributed by atoms with Crippen LogP contribution < -0.4 is 5.32 Å². The molecular weight excluding hydrogens is 422 g/mol. The molecule has 9 heteroatoms. The van der Waals surface area contributed by atoms with Crippen molar-refractivity contribution in [3.05, 3.63) is 64.7 Å². The highest BCUT2D eigenvalue weighted by Crippen LogP contribution is 2.35. The van der Waals surface area contributed by atoms with Gasteiger partial charge in [0.2, 0.25) is 11.1 Å². The average molecular weight is 444 g/mol. The molecule has 1 N–H and O–H groups in total. The molecule has 1 amide bonds. The summed E-state index contributed by atoms with van der Waals surface area (Å²) in [6.45, 7) is 3.26. The Morgan fingerprint density at radius 1 is 1.33 bits per heavy atom. The second-order valence-corrected chi connectivity index (χ2v) is 8.62. The third-order valence-electron chi connectivity index (χ3n) is 4.90. The zero-order valence-electron chi connectivity index (χ0n) is 16.5. The molecule has 1 aliphatic heterocycles. The van der Waals surface area contributed by atoms with Crippen LogP contribution in [0, 0.1) is 6.92 Å². The number of carbonyl (C=O) groups is 1. The van der Waals surface area contributed by atoms with Crippen LogP contribution in [0.25, 0.3) is 0 Å². The van der Waals surface area contributed by atoms with Gasteiger partial charge in [0.15, 0.2) is 0 Å². The van der Waals surface area contributed by atoms with E-state index in [0.717, 1.165) is 30.6 Å². The first kappa shape index (κ1) is 20.8. The number of thioether (sulfide) groups is 1. The number of tetrazole rings is 1. The summed E-state index contributed by atoms with van der Waals surface area (Å²) in [5, 5.41) is 15.7. The van der Waals surface area contributed by atoms with E-state index in [1.807, 2.05) is 49.4 Å². The van der Waals surface area contributed by atoms with Gasteiger partial charge in [-0.1, -0.05) is 59.8 Å². The summed E-state index contributed by atoms with van der Waals surface area (Å²) in [4.78, 5) is 13.2. The molecule has 30 heavy (non-hydrogen) atoms. The van der Waals surface area contributed by atoms with Gasteiger partial charge in [-0.3, -0.25) is 4.79 Å². The largest absolute Gasteiger partial charge is 0.376 e. The molecule has 0 bridgehead atoms. The van der Waals surface area contributed by atoms with E-state index >= 15 is 0 Å². The minimum absolute atomic E-state index is 0.103. The Bertz CT molecular complexity index is 1010. The van der Waals surface area contributed by atoms with Gasteiger partial charge in [0.25, 0.3) is 0 Å². The lowest BCUT2D eigenvalue weighted by Crippen LogP contribution is -2.21. The molecule has 4 rings (SSSR count). The number of aryl methyl sites for hydroxylation is 1. The van der Waals surface area contributed by atoms with Gasteiger partial charge in [-0.15, -0.1) is 5.10 Å². The summed E-state index contributed by atoms with van der Waals surface area (Å²) >= 11 is 7.53. The standard InChI is InChI=1S/C21H22ClN5O2S/c1-14-9-10-16(12-18(14)22)23-20(28)19(15-6-3-2-4-7-15)30-21-24-25-26-27(21)13-17-8-5-11-29-17/h2-4,6-7,9-10,12,17,19H,5,8,11,13H2,1H3,(H,23,28)/t17-,19-/m1/s1. The van der Waals surface area contributed by atoms with Crippen LogP contribution in [0.3, 0.4) is 0 Å². The number of rotatable bonds is 7. The quantitative estimate of drug-likeness (QED) is 0.548. The summed E-state index contributed by atoms with van der Waals surface area (Å²) < 4.78 is 7.42. The summed E-state index contributed by atoms with van der Waals surface area (Å²) in [7, 11) is 0. The summed E-state index contributed by atoms with van der Waals surface area (Å²) in [6.07, 6.45) is 2.14. The molecule has 0 unspecified atom stereocenters. The second kappa shape index (κ2) is 9.59. The molecule has 0 radical (unpaired) electrons. The van der Waals surface area contributed by atoms with E-state index in [1.54, 1.807) is 10.7 Å². The highest BCUT2D eigenvalue weighted by atomic mass is 35.5. The summed E-state index contributed by atoms with van der Waals surface area (Å²) in [5.74, 6) is -0.169. The van der Waals surface area contributed by atoms with Crippen molar-refractivity contribution in [2.75, 3.05) is 11.9 Å². The lowest BCUT2D eigenvalue weighted by molar-refractivity contribution is -0.115. The predicted octanol–water partition coefficient (Wildman–Crippen LogP) is 4.29. The fraction of sp³-hybridized carbons (Fsp3) is 0.333. The zero-order valence-corrected chi connectivity index (χ0v) is 18.1. The van der Waals surface area contributed by atoms with Crippen LogP contribution in [0.5, 0.6) is 0 Å². The average Bonchev–Trinajstić information content (AvgIpc) is 3.42. The SMILES string of the molecule is Cc1ccc(NC(=O)[C@H](Sc2nnnn2C[C@H]2CCCO2)c2ccccc2)cc1Cl. The van der Waals surface area contributed by atoms with Crippen molar-refractivity contribution in [3.63, 3.8) is 0 Å². The predicted molar refractivity (Wildman–Crippen MR) is 117 cm³/mol. The first-order chi connectivity index (χ1) is 14.6. The van der Waals surface area contributed by atoms with Crippen molar-refractivity contribution in [2.45, 2.75) is 42.8 Å². The summed E-state index contributed by atoms with van der Waals surface area (Å²) in [5.41, 5.74) is 2.47. The van der Waals surface area contributed by atoms with Crippen LogP contribution in [0.15, 0.2) is 53.7 Å². The van der Waals surface area contributed by atoms with Gasteiger partial charge in [0.1, 0.15) is 5.25 Å². The van der Waals surface area contributed by atoms with E-state index in [9.17, 15) is 4.79 Å². The van der Waals surface area contributed by atoms with Crippen molar-refractivity contribution in [3.8, 4) is 0 Å².